The number of carbonyl (C=O) groups is 1. The van der Waals surface area contributed by atoms with Gasteiger partial charge in [-0.25, -0.2) is 4.79 Å². The molecular weight excluding hydrogens is 426 g/mol. The summed E-state index contributed by atoms with van der Waals surface area (Å²) in [6, 6.07) is 16.2. The van der Waals surface area contributed by atoms with Crippen molar-refractivity contribution in [3.8, 4) is 5.75 Å². The molecule has 3 rings (SSSR count). The molecule has 1 fully saturated rings. The first kappa shape index (κ1) is 26.1. The van der Waals surface area contributed by atoms with Crippen LogP contribution in [0.4, 0.5) is 4.79 Å². The van der Waals surface area contributed by atoms with Crippen LogP contribution in [0.15, 0.2) is 48.5 Å². The number of nitrogens with zero attached hydrogens (tertiary/aromatic N) is 1. The van der Waals surface area contributed by atoms with E-state index in [1.807, 2.05) is 30.3 Å². The van der Waals surface area contributed by atoms with Crippen LogP contribution < -0.4 is 4.74 Å². The number of aliphatic hydroxyl groups is 1. The number of piperidine rings is 1. The topological polar surface area (TPSA) is 59.0 Å². The molecule has 1 N–H and O–H groups in total. The zero-order valence-electron chi connectivity index (χ0n) is 21.3. The number of amides is 1. The van der Waals surface area contributed by atoms with Crippen molar-refractivity contribution in [3.63, 3.8) is 0 Å². The van der Waals surface area contributed by atoms with E-state index in [-0.39, 0.29) is 17.6 Å². The van der Waals surface area contributed by atoms with Gasteiger partial charge >= 0.3 is 6.09 Å². The van der Waals surface area contributed by atoms with Crippen LogP contribution in [0.5, 0.6) is 5.75 Å². The number of ether oxygens (including phenoxy) is 2. The molecule has 5 heteroatoms. The predicted molar refractivity (Wildman–Crippen MR) is 136 cm³/mol. The Morgan fingerprint density at radius 3 is 2.59 bits per heavy atom. The van der Waals surface area contributed by atoms with Gasteiger partial charge in [0.2, 0.25) is 0 Å². The highest BCUT2D eigenvalue weighted by atomic mass is 16.5. The molecule has 1 aliphatic heterocycles. The van der Waals surface area contributed by atoms with Crippen LogP contribution in [0.1, 0.15) is 88.4 Å². The SMILES string of the molecule is CCCCCCC(C)(C)c1ccc([C@H]2C[C@@H](O)CCN2C(=O)OC)c(OCc2ccccc2)c1. The molecule has 34 heavy (non-hydrogen) atoms. The molecule has 0 unspecified atom stereocenters. The minimum atomic E-state index is -0.456. The maximum Gasteiger partial charge on any atom is 0.410 e. The van der Waals surface area contributed by atoms with Gasteiger partial charge < -0.3 is 19.5 Å². The molecule has 0 spiro atoms. The second kappa shape index (κ2) is 12.3. The van der Waals surface area contributed by atoms with Gasteiger partial charge in [0.05, 0.1) is 19.3 Å². The summed E-state index contributed by atoms with van der Waals surface area (Å²) < 4.78 is 11.4. The predicted octanol–water partition coefficient (Wildman–Crippen LogP) is 6.78. The number of methoxy groups -OCH3 is 1. The van der Waals surface area contributed by atoms with Crippen molar-refractivity contribution in [2.24, 2.45) is 0 Å². The lowest BCUT2D eigenvalue weighted by atomic mass is 9.79. The summed E-state index contributed by atoms with van der Waals surface area (Å²) in [5, 5.41) is 10.4. The summed E-state index contributed by atoms with van der Waals surface area (Å²) in [5.41, 5.74) is 3.26. The fourth-order valence-corrected chi connectivity index (χ4v) is 4.81. The highest BCUT2D eigenvalue weighted by Gasteiger charge is 2.35. The third-order valence-electron chi connectivity index (χ3n) is 7.03. The Balaban J connectivity index is 1.92. The molecular formula is C29H41NO4. The van der Waals surface area contributed by atoms with Crippen molar-refractivity contribution in [2.45, 2.75) is 89.9 Å². The Labute approximate surface area is 205 Å². The lowest BCUT2D eigenvalue weighted by Gasteiger charge is -2.38. The summed E-state index contributed by atoms with van der Waals surface area (Å²) in [5.74, 6) is 0.774. The number of carbonyl (C=O) groups excluding carboxylic acids is 1. The number of aliphatic hydroxyl groups excluding tert-OH is 1. The number of hydrogen-bond donors (Lipinski definition) is 1. The molecule has 0 aromatic heterocycles. The van der Waals surface area contributed by atoms with E-state index in [0.29, 0.717) is 26.0 Å². The van der Waals surface area contributed by atoms with Crippen molar-refractivity contribution < 1.29 is 19.4 Å². The summed E-state index contributed by atoms with van der Waals surface area (Å²) >= 11 is 0. The van der Waals surface area contributed by atoms with Gasteiger partial charge in [0.15, 0.2) is 0 Å². The minimum Gasteiger partial charge on any atom is -0.489 e. The number of benzene rings is 2. The third kappa shape index (κ3) is 6.75. The zero-order chi connectivity index (χ0) is 24.6. The Morgan fingerprint density at radius 2 is 1.88 bits per heavy atom. The largest absolute Gasteiger partial charge is 0.489 e. The standard InChI is InChI=1S/C29H41NO4/c1-5-6-7-11-17-29(2,3)23-14-15-25(26-20-24(31)16-18-30(26)28(32)33-4)27(19-23)34-21-22-12-9-8-10-13-22/h8-10,12-15,19,24,26,31H,5-7,11,16-18,20-21H2,1-4H3/t24-,26+/m0/s1. The third-order valence-corrected chi connectivity index (χ3v) is 7.03. The fourth-order valence-electron chi connectivity index (χ4n) is 4.81. The van der Waals surface area contributed by atoms with E-state index in [2.05, 4.69) is 39.0 Å². The van der Waals surface area contributed by atoms with Gasteiger partial charge in [-0.1, -0.05) is 88.9 Å². The minimum absolute atomic E-state index is 0.0191. The van der Waals surface area contributed by atoms with Crippen molar-refractivity contribution in [2.75, 3.05) is 13.7 Å². The van der Waals surface area contributed by atoms with E-state index in [4.69, 9.17) is 9.47 Å². The Morgan fingerprint density at radius 1 is 1.12 bits per heavy atom. The molecule has 1 saturated heterocycles. The van der Waals surface area contributed by atoms with Crippen LogP contribution in [0, 0.1) is 0 Å². The molecule has 2 aromatic carbocycles. The van der Waals surface area contributed by atoms with Gasteiger partial charge in [0, 0.05) is 12.1 Å². The first-order valence-electron chi connectivity index (χ1n) is 12.7. The quantitative estimate of drug-likeness (QED) is 0.391. The zero-order valence-corrected chi connectivity index (χ0v) is 21.3. The van der Waals surface area contributed by atoms with Crippen molar-refractivity contribution >= 4 is 6.09 Å². The van der Waals surface area contributed by atoms with Gasteiger partial charge in [-0.2, -0.15) is 0 Å². The second-order valence-corrected chi connectivity index (χ2v) is 10.1. The van der Waals surface area contributed by atoms with Gasteiger partial charge in [-0.3, -0.25) is 0 Å². The summed E-state index contributed by atoms with van der Waals surface area (Å²) in [6.45, 7) is 7.73. The molecule has 0 aliphatic carbocycles. The molecule has 1 aliphatic rings. The van der Waals surface area contributed by atoms with Gasteiger partial charge in [-0.05, 0) is 41.9 Å². The summed E-state index contributed by atoms with van der Waals surface area (Å²) in [7, 11) is 1.40. The fraction of sp³-hybridized carbons (Fsp3) is 0.552. The van der Waals surface area contributed by atoms with E-state index < -0.39 is 6.10 Å². The number of rotatable bonds is 10. The van der Waals surface area contributed by atoms with Crippen LogP contribution in [0.25, 0.3) is 0 Å². The van der Waals surface area contributed by atoms with E-state index in [0.717, 1.165) is 23.3 Å². The van der Waals surface area contributed by atoms with Crippen LogP contribution >= 0.6 is 0 Å². The maximum absolute atomic E-state index is 12.5. The van der Waals surface area contributed by atoms with Crippen LogP contribution in [-0.2, 0) is 16.8 Å². The maximum atomic E-state index is 12.5. The van der Waals surface area contributed by atoms with Crippen molar-refractivity contribution in [1.29, 1.82) is 0 Å². The lowest BCUT2D eigenvalue weighted by Crippen LogP contribution is -2.42. The van der Waals surface area contributed by atoms with Crippen molar-refractivity contribution in [1.82, 2.24) is 4.90 Å². The van der Waals surface area contributed by atoms with Crippen LogP contribution in [-0.4, -0.2) is 35.9 Å². The Hall–Kier alpha value is -2.53. The lowest BCUT2D eigenvalue weighted by molar-refractivity contribution is 0.0347. The second-order valence-electron chi connectivity index (χ2n) is 10.1. The average Bonchev–Trinajstić information content (AvgIpc) is 2.85. The molecule has 5 nitrogen and oxygen atoms in total. The van der Waals surface area contributed by atoms with Gasteiger partial charge in [0.25, 0.3) is 0 Å². The summed E-state index contributed by atoms with van der Waals surface area (Å²) in [6.07, 6.45) is 6.27. The molecule has 1 heterocycles. The van der Waals surface area contributed by atoms with Crippen molar-refractivity contribution in [3.05, 3.63) is 65.2 Å². The van der Waals surface area contributed by atoms with E-state index in [1.54, 1.807) is 4.90 Å². The smallest absolute Gasteiger partial charge is 0.410 e. The summed E-state index contributed by atoms with van der Waals surface area (Å²) in [4.78, 5) is 14.2. The highest BCUT2D eigenvalue weighted by Crippen LogP contribution is 2.40. The number of likely N-dealkylation sites (tertiary alicyclic amines) is 1. The molecule has 0 radical (unpaired) electrons. The molecule has 0 bridgehead atoms. The van der Waals surface area contributed by atoms with Crippen LogP contribution in [0.2, 0.25) is 0 Å². The van der Waals surface area contributed by atoms with Gasteiger partial charge in [-0.15, -0.1) is 0 Å². The number of hydrogen-bond acceptors (Lipinski definition) is 4. The first-order chi connectivity index (χ1) is 16.4. The van der Waals surface area contributed by atoms with Gasteiger partial charge in [0.1, 0.15) is 12.4 Å². The first-order valence-corrected chi connectivity index (χ1v) is 12.7. The molecule has 0 saturated carbocycles. The molecule has 2 atom stereocenters. The normalized spacial score (nSPS) is 18.6. The average molecular weight is 468 g/mol. The Kier molecular flexibility index (Phi) is 9.40. The molecule has 2 aromatic rings. The monoisotopic (exact) mass is 467 g/mol. The van der Waals surface area contributed by atoms with Crippen LogP contribution in [0.3, 0.4) is 0 Å². The Bertz CT molecular complexity index is 912. The highest BCUT2D eigenvalue weighted by molar-refractivity contribution is 5.68. The molecule has 1 amide bonds. The van der Waals surface area contributed by atoms with E-state index >= 15 is 0 Å². The number of unbranched alkanes of at least 4 members (excludes halogenated alkanes) is 3. The molecule has 186 valence electrons. The van der Waals surface area contributed by atoms with E-state index in [9.17, 15) is 9.90 Å². The van der Waals surface area contributed by atoms with E-state index in [1.165, 1.54) is 38.4 Å².